The summed E-state index contributed by atoms with van der Waals surface area (Å²) in [7, 11) is 0. The van der Waals surface area contributed by atoms with Crippen molar-refractivity contribution < 1.29 is 4.74 Å². The van der Waals surface area contributed by atoms with E-state index in [1.807, 2.05) is 0 Å². The van der Waals surface area contributed by atoms with Crippen molar-refractivity contribution in [1.29, 1.82) is 0 Å². The van der Waals surface area contributed by atoms with Gasteiger partial charge < -0.3 is 15.4 Å². The van der Waals surface area contributed by atoms with Crippen molar-refractivity contribution in [3.05, 3.63) is 0 Å². The van der Waals surface area contributed by atoms with Gasteiger partial charge in [-0.3, -0.25) is 4.99 Å². The molecule has 15 heavy (non-hydrogen) atoms. The highest BCUT2D eigenvalue weighted by atomic mass is 16.5. The molecule has 0 bridgehead atoms. The number of rotatable bonds is 3. The van der Waals surface area contributed by atoms with Crippen LogP contribution in [-0.4, -0.2) is 43.2 Å². The predicted molar refractivity (Wildman–Crippen MR) is 60.8 cm³/mol. The van der Waals surface area contributed by atoms with Gasteiger partial charge in [0.15, 0.2) is 5.96 Å². The van der Waals surface area contributed by atoms with Crippen molar-refractivity contribution in [2.75, 3.05) is 26.3 Å². The molecule has 2 heterocycles. The molecule has 0 radical (unpaired) electrons. The maximum Gasteiger partial charge on any atom is 0.191 e. The van der Waals surface area contributed by atoms with Crippen LogP contribution in [0.4, 0.5) is 0 Å². The summed E-state index contributed by atoms with van der Waals surface area (Å²) in [5, 5.41) is 0. The van der Waals surface area contributed by atoms with Gasteiger partial charge in [0.25, 0.3) is 0 Å². The highest BCUT2D eigenvalue weighted by Crippen LogP contribution is 2.25. The molecule has 0 aromatic carbocycles. The molecular formula is C11H21N3O. The highest BCUT2D eigenvalue weighted by molar-refractivity contribution is 5.80. The van der Waals surface area contributed by atoms with Crippen LogP contribution in [0.1, 0.15) is 26.2 Å². The second-order valence-electron chi connectivity index (χ2n) is 4.41. The Hall–Kier alpha value is -0.770. The first-order valence-corrected chi connectivity index (χ1v) is 5.97. The van der Waals surface area contributed by atoms with E-state index in [9.17, 15) is 0 Å². The SMILES string of the molecule is CCCN1C(N)=NCC1C1CCOCC1. The zero-order valence-corrected chi connectivity index (χ0v) is 9.48. The van der Waals surface area contributed by atoms with Crippen molar-refractivity contribution in [3.8, 4) is 0 Å². The zero-order chi connectivity index (χ0) is 10.7. The van der Waals surface area contributed by atoms with Gasteiger partial charge in [-0.25, -0.2) is 0 Å². The van der Waals surface area contributed by atoms with E-state index in [1.54, 1.807) is 0 Å². The molecule has 1 fully saturated rings. The quantitative estimate of drug-likeness (QED) is 0.752. The Morgan fingerprint density at radius 1 is 1.47 bits per heavy atom. The maximum atomic E-state index is 5.91. The van der Waals surface area contributed by atoms with Crippen LogP contribution in [0.3, 0.4) is 0 Å². The first-order chi connectivity index (χ1) is 7.33. The Kier molecular flexibility index (Phi) is 3.46. The predicted octanol–water partition coefficient (Wildman–Crippen LogP) is 0.822. The molecular weight excluding hydrogens is 190 g/mol. The fourth-order valence-electron chi connectivity index (χ4n) is 2.57. The van der Waals surface area contributed by atoms with E-state index in [1.165, 1.54) is 0 Å². The first-order valence-electron chi connectivity index (χ1n) is 5.97. The number of hydrogen-bond donors (Lipinski definition) is 1. The summed E-state index contributed by atoms with van der Waals surface area (Å²) in [6, 6.07) is 0.536. The lowest BCUT2D eigenvalue weighted by atomic mass is 9.91. The Morgan fingerprint density at radius 3 is 2.87 bits per heavy atom. The lowest BCUT2D eigenvalue weighted by molar-refractivity contribution is 0.0443. The van der Waals surface area contributed by atoms with Gasteiger partial charge in [0.2, 0.25) is 0 Å². The van der Waals surface area contributed by atoms with E-state index in [-0.39, 0.29) is 0 Å². The van der Waals surface area contributed by atoms with E-state index in [2.05, 4.69) is 16.8 Å². The van der Waals surface area contributed by atoms with Crippen molar-refractivity contribution in [2.45, 2.75) is 32.2 Å². The molecule has 0 aromatic rings. The van der Waals surface area contributed by atoms with Crippen LogP contribution in [-0.2, 0) is 4.74 Å². The van der Waals surface area contributed by atoms with E-state index < -0.39 is 0 Å². The zero-order valence-electron chi connectivity index (χ0n) is 9.48. The van der Waals surface area contributed by atoms with E-state index in [0.717, 1.165) is 57.4 Å². The molecule has 2 N–H and O–H groups in total. The van der Waals surface area contributed by atoms with Crippen LogP contribution in [0.15, 0.2) is 4.99 Å². The number of nitrogens with zero attached hydrogens (tertiary/aromatic N) is 2. The largest absolute Gasteiger partial charge is 0.381 e. The van der Waals surface area contributed by atoms with Crippen molar-refractivity contribution in [3.63, 3.8) is 0 Å². The molecule has 2 aliphatic heterocycles. The monoisotopic (exact) mass is 211 g/mol. The van der Waals surface area contributed by atoms with Crippen molar-refractivity contribution in [2.24, 2.45) is 16.6 Å². The normalized spacial score (nSPS) is 28.2. The highest BCUT2D eigenvalue weighted by Gasteiger charge is 2.33. The standard InChI is InChI=1S/C11H21N3O/c1-2-5-14-10(8-13-11(14)12)9-3-6-15-7-4-9/h9-10H,2-8H2,1H3,(H2,12,13). The third-order valence-electron chi connectivity index (χ3n) is 3.41. The first kappa shape index (κ1) is 10.7. The third kappa shape index (κ3) is 2.25. The van der Waals surface area contributed by atoms with Gasteiger partial charge in [0, 0.05) is 19.8 Å². The molecule has 0 spiro atoms. The smallest absolute Gasteiger partial charge is 0.191 e. The van der Waals surface area contributed by atoms with Crippen LogP contribution in [0.2, 0.25) is 0 Å². The molecule has 1 atom stereocenters. The Labute approximate surface area is 91.5 Å². The van der Waals surface area contributed by atoms with Gasteiger partial charge in [-0.05, 0) is 25.2 Å². The summed E-state index contributed by atoms with van der Waals surface area (Å²) in [6.45, 7) is 5.92. The summed E-state index contributed by atoms with van der Waals surface area (Å²) >= 11 is 0. The Bertz CT molecular complexity index is 236. The van der Waals surface area contributed by atoms with Crippen molar-refractivity contribution >= 4 is 5.96 Å². The van der Waals surface area contributed by atoms with Gasteiger partial charge in [-0.2, -0.15) is 0 Å². The number of guanidine groups is 1. The van der Waals surface area contributed by atoms with E-state index >= 15 is 0 Å². The van der Waals surface area contributed by atoms with Crippen LogP contribution in [0.25, 0.3) is 0 Å². The summed E-state index contributed by atoms with van der Waals surface area (Å²) in [5.41, 5.74) is 5.91. The average Bonchev–Trinajstić information content (AvgIpc) is 2.63. The molecule has 0 aromatic heterocycles. The minimum Gasteiger partial charge on any atom is -0.381 e. The summed E-state index contributed by atoms with van der Waals surface area (Å²) in [6.07, 6.45) is 3.46. The summed E-state index contributed by atoms with van der Waals surface area (Å²) in [4.78, 5) is 6.66. The molecule has 86 valence electrons. The number of aliphatic imine (C=N–C) groups is 1. The Balaban J connectivity index is 1.96. The van der Waals surface area contributed by atoms with Crippen LogP contribution in [0.5, 0.6) is 0 Å². The van der Waals surface area contributed by atoms with Crippen molar-refractivity contribution in [1.82, 2.24) is 4.90 Å². The fraction of sp³-hybridized carbons (Fsp3) is 0.909. The fourth-order valence-corrected chi connectivity index (χ4v) is 2.57. The van der Waals surface area contributed by atoms with Crippen LogP contribution < -0.4 is 5.73 Å². The van der Waals surface area contributed by atoms with Crippen LogP contribution in [0, 0.1) is 5.92 Å². The van der Waals surface area contributed by atoms with E-state index in [0.29, 0.717) is 6.04 Å². The summed E-state index contributed by atoms with van der Waals surface area (Å²) < 4.78 is 5.39. The van der Waals surface area contributed by atoms with Gasteiger partial charge in [-0.1, -0.05) is 6.92 Å². The minimum atomic E-state index is 0.536. The number of nitrogens with two attached hydrogens (primary N) is 1. The topological polar surface area (TPSA) is 50.8 Å². The molecule has 2 rings (SSSR count). The number of ether oxygens (including phenoxy) is 1. The number of hydrogen-bond acceptors (Lipinski definition) is 4. The molecule has 1 saturated heterocycles. The molecule has 4 nitrogen and oxygen atoms in total. The minimum absolute atomic E-state index is 0.536. The molecule has 2 aliphatic rings. The van der Waals surface area contributed by atoms with Gasteiger partial charge in [0.05, 0.1) is 12.6 Å². The summed E-state index contributed by atoms with van der Waals surface area (Å²) in [5.74, 6) is 1.46. The van der Waals surface area contributed by atoms with Gasteiger partial charge in [0.1, 0.15) is 0 Å². The second kappa shape index (κ2) is 4.84. The van der Waals surface area contributed by atoms with Gasteiger partial charge in [-0.15, -0.1) is 0 Å². The molecule has 1 unspecified atom stereocenters. The second-order valence-corrected chi connectivity index (χ2v) is 4.41. The van der Waals surface area contributed by atoms with E-state index in [4.69, 9.17) is 10.5 Å². The maximum absolute atomic E-state index is 5.91. The van der Waals surface area contributed by atoms with Gasteiger partial charge >= 0.3 is 0 Å². The average molecular weight is 211 g/mol. The molecule has 0 amide bonds. The molecule has 4 heteroatoms. The lowest BCUT2D eigenvalue weighted by Gasteiger charge is -2.34. The third-order valence-corrected chi connectivity index (χ3v) is 3.41. The van der Waals surface area contributed by atoms with Crippen LogP contribution >= 0.6 is 0 Å². The molecule has 0 saturated carbocycles. The molecule has 0 aliphatic carbocycles. The lowest BCUT2D eigenvalue weighted by Crippen LogP contribution is -2.46. The Morgan fingerprint density at radius 2 is 2.20 bits per heavy atom.